The van der Waals surface area contributed by atoms with Gasteiger partial charge in [-0.3, -0.25) is 4.79 Å². The van der Waals surface area contributed by atoms with Gasteiger partial charge in [0, 0.05) is 22.3 Å². The monoisotopic (exact) mass is 367 g/mol. The number of hydrogen-bond donors (Lipinski definition) is 1. The fourth-order valence-electron chi connectivity index (χ4n) is 2.21. The Kier molecular flexibility index (Phi) is 7.24. The van der Waals surface area contributed by atoms with Crippen molar-refractivity contribution in [3.8, 4) is 11.5 Å². The van der Waals surface area contributed by atoms with Crippen molar-refractivity contribution in [2.75, 3.05) is 5.32 Å². The number of halogens is 1. The average molecular weight is 368 g/mol. The first-order chi connectivity index (χ1) is 12.6. The molecule has 1 amide bonds. The molecule has 0 heterocycles. The molecule has 0 aliphatic heterocycles. The predicted molar refractivity (Wildman–Crippen MR) is 108 cm³/mol. The summed E-state index contributed by atoms with van der Waals surface area (Å²) >= 11 is 5.92. The van der Waals surface area contributed by atoms with Crippen molar-refractivity contribution in [3.63, 3.8) is 0 Å². The van der Waals surface area contributed by atoms with Gasteiger partial charge < -0.3 is 10.1 Å². The Bertz CT molecular complexity index is 860. The molecule has 26 heavy (non-hydrogen) atoms. The van der Waals surface area contributed by atoms with Crippen molar-refractivity contribution in [3.05, 3.63) is 88.9 Å². The highest BCUT2D eigenvalue weighted by molar-refractivity contribution is 6.31. The van der Waals surface area contributed by atoms with Crippen molar-refractivity contribution >= 4 is 23.2 Å². The van der Waals surface area contributed by atoms with Crippen molar-refractivity contribution in [2.24, 2.45) is 0 Å². The number of ether oxygens (including phenoxy) is 1. The lowest BCUT2D eigenvalue weighted by Crippen LogP contribution is -2.11. The third-order valence-electron chi connectivity index (χ3n) is 3.44. The zero-order valence-corrected chi connectivity index (χ0v) is 15.9. The molecular weight excluding hydrogens is 346 g/mol. The van der Waals surface area contributed by atoms with Crippen LogP contribution in [0.15, 0.2) is 72.8 Å². The van der Waals surface area contributed by atoms with Gasteiger partial charge in [0.05, 0.1) is 0 Å². The Morgan fingerprint density at radius 1 is 0.885 bits per heavy atom. The molecule has 3 aromatic rings. The number of carbonyl (C=O) groups is 1. The molecule has 0 saturated heterocycles. The van der Waals surface area contributed by atoms with Gasteiger partial charge >= 0.3 is 0 Å². The van der Waals surface area contributed by atoms with E-state index in [4.69, 9.17) is 16.3 Å². The van der Waals surface area contributed by atoms with E-state index >= 15 is 0 Å². The van der Waals surface area contributed by atoms with Crippen LogP contribution in [-0.2, 0) is 0 Å². The summed E-state index contributed by atoms with van der Waals surface area (Å²) in [6, 6.07) is 21.9. The Hall–Kier alpha value is -2.78. The Balaban J connectivity index is 0.00000117. The predicted octanol–water partition coefficient (Wildman–Crippen LogP) is 6.72. The molecule has 0 atom stereocenters. The van der Waals surface area contributed by atoms with Gasteiger partial charge in [-0.25, -0.2) is 0 Å². The summed E-state index contributed by atoms with van der Waals surface area (Å²) in [5, 5.41) is 3.37. The van der Waals surface area contributed by atoms with Crippen LogP contribution >= 0.6 is 11.6 Å². The largest absolute Gasteiger partial charge is 0.457 e. The van der Waals surface area contributed by atoms with E-state index < -0.39 is 0 Å². The van der Waals surface area contributed by atoms with Gasteiger partial charge in [0.25, 0.3) is 5.91 Å². The number of hydrogen-bond acceptors (Lipinski definition) is 2. The van der Waals surface area contributed by atoms with E-state index in [-0.39, 0.29) is 5.91 Å². The highest BCUT2D eigenvalue weighted by Crippen LogP contribution is 2.24. The normalized spacial score (nSPS) is 9.69. The minimum Gasteiger partial charge on any atom is -0.457 e. The van der Waals surface area contributed by atoms with Gasteiger partial charge in [-0.2, -0.15) is 0 Å². The van der Waals surface area contributed by atoms with Crippen molar-refractivity contribution in [2.45, 2.75) is 20.8 Å². The number of carbonyl (C=O) groups excluding carboxylic acids is 1. The molecule has 0 unspecified atom stereocenters. The van der Waals surface area contributed by atoms with Gasteiger partial charge in [-0.05, 0) is 49.4 Å². The van der Waals surface area contributed by atoms with Crippen LogP contribution in [0.2, 0.25) is 5.02 Å². The molecule has 0 spiro atoms. The first kappa shape index (κ1) is 19.5. The van der Waals surface area contributed by atoms with Crippen molar-refractivity contribution in [1.29, 1.82) is 0 Å². The fourth-order valence-corrected chi connectivity index (χ4v) is 2.40. The number of rotatable bonds is 4. The summed E-state index contributed by atoms with van der Waals surface area (Å²) in [6.07, 6.45) is 0. The van der Waals surface area contributed by atoms with Gasteiger partial charge in [0.2, 0.25) is 0 Å². The van der Waals surface area contributed by atoms with Crippen molar-refractivity contribution in [1.82, 2.24) is 0 Å². The number of nitrogens with one attached hydrogen (secondary N) is 1. The molecule has 1 N–H and O–H groups in total. The summed E-state index contributed by atoms with van der Waals surface area (Å²) in [5.41, 5.74) is 2.34. The standard InChI is InChI=1S/C20H16ClNO2.C2H6/c1-14-8-10-18(11-9-14)24-19-7-3-6-17(13-19)22-20(23)15-4-2-5-16(21)12-15;1-2/h2-13H,1H3,(H,22,23);1-2H3. The first-order valence-electron chi connectivity index (χ1n) is 8.52. The van der Waals surface area contributed by atoms with Crippen LogP contribution in [0.3, 0.4) is 0 Å². The molecule has 0 aliphatic carbocycles. The zero-order valence-electron chi connectivity index (χ0n) is 15.1. The summed E-state index contributed by atoms with van der Waals surface area (Å²) in [4.78, 5) is 12.3. The van der Waals surface area contributed by atoms with E-state index in [1.54, 1.807) is 30.3 Å². The minimum absolute atomic E-state index is 0.218. The molecule has 3 rings (SSSR count). The van der Waals surface area contributed by atoms with Crippen LogP contribution in [-0.4, -0.2) is 5.91 Å². The average Bonchev–Trinajstić information content (AvgIpc) is 2.66. The van der Waals surface area contributed by atoms with Crippen LogP contribution in [0.4, 0.5) is 5.69 Å². The summed E-state index contributed by atoms with van der Waals surface area (Å²) in [5.74, 6) is 1.19. The molecular formula is C22H22ClNO2. The highest BCUT2D eigenvalue weighted by atomic mass is 35.5. The number of benzene rings is 3. The molecule has 3 nitrogen and oxygen atoms in total. The molecule has 4 heteroatoms. The third-order valence-corrected chi connectivity index (χ3v) is 3.67. The molecule has 0 aromatic heterocycles. The Morgan fingerprint density at radius 3 is 2.27 bits per heavy atom. The van der Waals surface area contributed by atoms with E-state index in [1.165, 1.54) is 5.56 Å². The molecule has 0 aliphatic rings. The smallest absolute Gasteiger partial charge is 0.255 e. The van der Waals surface area contributed by atoms with Crippen LogP contribution in [0, 0.1) is 6.92 Å². The Morgan fingerprint density at radius 2 is 1.58 bits per heavy atom. The first-order valence-corrected chi connectivity index (χ1v) is 8.89. The second kappa shape index (κ2) is 9.64. The third kappa shape index (κ3) is 5.64. The van der Waals surface area contributed by atoms with E-state index in [1.807, 2.05) is 63.2 Å². The van der Waals surface area contributed by atoms with E-state index in [2.05, 4.69) is 5.32 Å². The van der Waals surface area contributed by atoms with Gasteiger partial charge in [-0.1, -0.05) is 55.3 Å². The van der Waals surface area contributed by atoms with Gasteiger partial charge in [-0.15, -0.1) is 0 Å². The quantitative estimate of drug-likeness (QED) is 0.555. The minimum atomic E-state index is -0.218. The SMILES string of the molecule is CC.Cc1ccc(Oc2cccc(NC(=O)c3cccc(Cl)c3)c2)cc1. The Labute approximate surface area is 159 Å². The maximum absolute atomic E-state index is 12.3. The second-order valence-electron chi connectivity index (χ2n) is 5.41. The van der Waals surface area contributed by atoms with Crippen LogP contribution in [0.5, 0.6) is 11.5 Å². The molecule has 0 saturated carbocycles. The van der Waals surface area contributed by atoms with Crippen molar-refractivity contribution < 1.29 is 9.53 Å². The summed E-state index contributed by atoms with van der Waals surface area (Å²) < 4.78 is 5.81. The number of aryl methyl sites for hydroxylation is 1. The van der Waals surface area contributed by atoms with E-state index in [0.717, 1.165) is 5.75 Å². The molecule has 0 radical (unpaired) electrons. The maximum Gasteiger partial charge on any atom is 0.255 e. The topological polar surface area (TPSA) is 38.3 Å². The number of amides is 1. The lowest BCUT2D eigenvalue weighted by Gasteiger charge is -2.09. The second-order valence-corrected chi connectivity index (χ2v) is 5.84. The zero-order chi connectivity index (χ0) is 18.9. The lowest BCUT2D eigenvalue weighted by molar-refractivity contribution is 0.102. The summed E-state index contributed by atoms with van der Waals surface area (Å²) in [6.45, 7) is 6.02. The van der Waals surface area contributed by atoms with Crippen LogP contribution < -0.4 is 10.1 Å². The summed E-state index contributed by atoms with van der Waals surface area (Å²) in [7, 11) is 0. The number of anilines is 1. The van der Waals surface area contributed by atoms with E-state index in [9.17, 15) is 4.79 Å². The maximum atomic E-state index is 12.3. The van der Waals surface area contributed by atoms with Crippen LogP contribution in [0.25, 0.3) is 0 Å². The molecule has 0 bridgehead atoms. The van der Waals surface area contributed by atoms with E-state index in [0.29, 0.717) is 22.0 Å². The van der Waals surface area contributed by atoms with Crippen LogP contribution in [0.1, 0.15) is 29.8 Å². The highest BCUT2D eigenvalue weighted by Gasteiger charge is 2.07. The van der Waals surface area contributed by atoms with Gasteiger partial charge in [0.15, 0.2) is 0 Å². The molecule has 134 valence electrons. The fraction of sp³-hybridized carbons (Fsp3) is 0.136. The van der Waals surface area contributed by atoms with Gasteiger partial charge in [0.1, 0.15) is 11.5 Å². The lowest BCUT2D eigenvalue weighted by atomic mass is 10.2. The molecule has 3 aromatic carbocycles. The molecule has 0 fully saturated rings.